The van der Waals surface area contributed by atoms with Crippen LogP contribution in [0.1, 0.15) is 71.1 Å². The highest BCUT2D eigenvalue weighted by Gasteiger charge is 2.39. The van der Waals surface area contributed by atoms with Gasteiger partial charge in [0, 0.05) is 6.61 Å². The van der Waals surface area contributed by atoms with Crippen LogP contribution in [0, 0.1) is 29.6 Å². The van der Waals surface area contributed by atoms with Gasteiger partial charge < -0.3 is 4.74 Å². The molecule has 3 saturated carbocycles. The number of hydrogen-bond acceptors (Lipinski definition) is 1. The van der Waals surface area contributed by atoms with Gasteiger partial charge in [-0.05, 0) is 93.8 Å². The van der Waals surface area contributed by atoms with Gasteiger partial charge in [0.1, 0.15) is 6.17 Å². The Morgan fingerprint density at radius 2 is 1.44 bits per heavy atom. The highest BCUT2D eigenvalue weighted by atomic mass is 19.2. The summed E-state index contributed by atoms with van der Waals surface area (Å²) >= 11 is 0. The van der Waals surface area contributed by atoms with Gasteiger partial charge in [0.2, 0.25) is 0 Å². The lowest BCUT2D eigenvalue weighted by atomic mass is 9.69. The maximum Gasteiger partial charge on any atom is 0.157 e. The predicted octanol–water partition coefficient (Wildman–Crippen LogP) is 6.28. The first kappa shape index (κ1) is 19.3. The van der Waals surface area contributed by atoms with E-state index in [0.717, 1.165) is 24.2 Å². The Bertz CT molecular complexity index is 410. The summed E-state index contributed by atoms with van der Waals surface area (Å²) in [7, 11) is 0. The van der Waals surface area contributed by atoms with Crippen LogP contribution in [-0.4, -0.2) is 25.1 Å². The van der Waals surface area contributed by atoms with E-state index in [0.29, 0.717) is 18.9 Å². The summed E-state index contributed by atoms with van der Waals surface area (Å²) in [6, 6.07) is 0. The van der Waals surface area contributed by atoms with Gasteiger partial charge in [0.25, 0.3) is 0 Å². The quantitative estimate of drug-likeness (QED) is 0.528. The van der Waals surface area contributed by atoms with E-state index in [1.54, 1.807) is 6.92 Å². The van der Waals surface area contributed by atoms with Gasteiger partial charge >= 0.3 is 0 Å². The molecule has 0 saturated heterocycles. The van der Waals surface area contributed by atoms with Crippen molar-refractivity contribution in [1.29, 1.82) is 0 Å². The highest BCUT2D eigenvalue weighted by molar-refractivity contribution is 4.89. The van der Waals surface area contributed by atoms with Crippen molar-refractivity contribution in [2.24, 2.45) is 29.6 Å². The van der Waals surface area contributed by atoms with Crippen molar-refractivity contribution < 1.29 is 13.5 Å². The van der Waals surface area contributed by atoms with Crippen LogP contribution in [-0.2, 0) is 4.74 Å². The number of hydrogen-bond donors (Lipinski definition) is 0. The third kappa shape index (κ3) is 4.84. The molecule has 144 valence electrons. The van der Waals surface area contributed by atoms with Gasteiger partial charge in [-0.15, -0.1) is 6.58 Å². The zero-order valence-corrected chi connectivity index (χ0v) is 15.8. The monoisotopic (exact) mass is 354 g/mol. The van der Waals surface area contributed by atoms with Crippen LogP contribution in [0.3, 0.4) is 0 Å². The molecule has 0 radical (unpaired) electrons. The second kappa shape index (κ2) is 8.97. The van der Waals surface area contributed by atoms with Crippen LogP contribution in [0.4, 0.5) is 8.78 Å². The smallest absolute Gasteiger partial charge is 0.157 e. The van der Waals surface area contributed by atoms with E-state index in [-0.39, 0.29) is 5.92 Å². The Morgan fingerprint density at radius 3 is 2.04 bits per heavy atom. The number of alkyl halides is 2. The first-order valence-corrected chi connectivity index (χ1v) is 10.6. The molecule has 3 heteroatoms. The standard InChI is InChI=1S/C22H36F2O/c1-3-16-5-9-18(10-6-16)19-11-7-17(8-12-19)14-25-20-13-4-15(2)21(23)22(20)24/h3,15-22H,1,4-14H2,2H3. The van der Waals surface area contributed by atoms with E-state index in [1.807, 2.05) is 0 Å². The van der Waals surface area contributed by atoms with Crippen molar-refractivity contribution in [3.8, 4) is 0 Å². The van der Waals surface area contributed by atoms with E-state index in [4.69, 9.17) is 4.74 Å². The van der Waals surface area contributed by atoms with E-state index >= 15 is 0 Å². The van der Waals surface area contributed by atoms with Crippen molar-refractivity contribution in [3.63, 3.8) is 0 Å². The molecule has 0 N–H and O–H groups in total. The summed E-state index contributed by atoms with van der Waals surface area (Å²) < 4.78 is 33.8. The SMILES string of the molecule is C=CC1CCC(C2CCC(COC3CCC(C)C(F)C3F)CC2)CC1. The summed E-state index contributed by atoms with van der Waals surface area (Å²) in [5.74, 6) is 2.90. The van der Waals surface area contributed by atoms with Gasteiger partial charge in [-0.2, -0.15) is 0 Å². The average molecular weight is 355 g/mol. The van der Waals surface area contributed by atoms with Crippen molar-refractivity contribution in [3.05, 3.63) is 12.7 Å². The van der Waals surface area contributed by atoms with Crippen LogP contribution in [0.25, 0.3) is 0 Å². The minimum Gasteiger partial charge on any atom is -0.375 e. The second-order valence-electron chi connectivity index (χ2n) is 9.01. The molecule has 0 bridgehead atoms. The van der Waals surface area contributed by atoms with Crippen LogP contribution in [0.15, 0.2) is 12.7 Å². The maximum absolute atomic E-state index is 14.1. The summed E-state index contributed by atoms with van der Waals surface area (Å²) in [6.07, 6.45) is 10.6. The number of ether oxygens (including phenoxy) is 1. The first-order valence-electron chi connectivity index (χ1n) is 10.6. The molecule has 25 heavy (non-hydrogen) atoms. The van der Waals surface area contributed by atoms with Gasteiger partial charge in [0.15, 0.2) is 6.17 Å². The molecule has 3 fully saturated rings. The summed E-state index contributed by atoms with van der Waals surface area (Å²) in [4.78, 5) is 0. The van der Waals surface area contributed by atoms with Gasteiger partial charge in [-0.1, -0.05) is 13.0 Å². The Balaban J connectivity index is 1.36. The Morgan fingerprint density at radius 1 is 0.840 bits per heavy atom. The molecule has 0 aromatic rings. The largest absolute Gasteiger partial charge is 0.375 e. The van der Waals surface area contributed by atoms with Crippen LogP contribution < -0.4 is 0 Å². The molecular weight excluding hydrogens is 318 g/mol. The molecular formula is C22H36F2O. The fourth-order valence-corrected chi connectivity index (χ4v) is 5.38. The number of halogens is 2. The lowest BCUT2D eigenvalue weighted by molar-refractivity contribution is -0.0840. The molecule has 3 rings (SSSR count). The fraction of sp³-hybridized carbons (Fsp3) is 0.909. The lowest BCUT2D eigenvalue weighted by Crippen LogP contribution is -2.42. The summed E-state index contributed by atoms with van der Waals surface area (Å²) in [5.41, 5.74) is 0. The topological polar surface area (TPSA) is 9.23 Å². The van der Waals surface area contributed by atoms with Crippen LogP contribution in [0.2, 0.25) is 0 Å². The highest BCUT2D eigenvalue weighted by Crippen LogP contribution is 2.42. The molecule has 4 atom stereocenters. The minimum absolute atomic E-state index is 0.165. The molecule has 0 aliphatic heterocycles. The van der Waals surface area contributed by atoms with E-state index < -0.39 is 18.4 Å². The molecule has 0 aromatic heterocycles. The van der Waals surface area contributed by atoms with Crippen LogP contribution >= 0.6 is 0 Å². The maximum atomic E-state index is 14.1. The number of allylic oxidation sites excluding steroid dienone is 1. The molecule has 4 unspecified atom stereocenters. The van der Waals surface area contributed by atoms with E-state index in [2.05, 4.69) is 12.7 Å². The molecule has 0 heterocycles. The first-order chi connectivity index (χ1) is 12.1. The third-order valence-electron chi connectivity index (χ3n) is 7.36. The van der Waals surface area contributed by atoms with Crippen molar-refractivity contribution in [2.75, 3.05) is 6.61 Å². The summed E-state index contributed by atoms with van der Waals surface area (Å²) in [5, 5.41) is 0. The predicted molar refractivity (Wildman–Crippen MR) is 99.0 cm³/mol. The van der Waals surface area contributed by atoms with Crippen LogP contribution in [0.5, 0.6) is 0 Å². The van der Waals surface area contributed by atoms with Crippen molar-refractivity contribution in [2.45, 2.75) is 89.6 Å². The number of rotatable bonds is 5. The fourth-order valence-electron chi connectivity index (χ4n) is 5.38. The Labute approximate surface area is 152 Å². The van der Waals surface area contributed by atoms with Gasteiger partial charge in [-0.3, -0.25) is 0 Å². The third-order valence-corrected chi connectivity index (χ3v) is 7.36. The molecule has 3 aliphatic carbocycles. The Kier molecular flexibility index (Phi) is 6.93. The van der Waals surface area contributed by atoms with E-state index in [1.165, 1.54) is 51.4 Å². The van der Waals surface area contributed by atoms with Crippen molar-refractivity contribution in [1.82, 2.24) is 0 Å². The molecule has 3 aliphatic rings. The molecule has 0 aromatic carbocycles. The van der Waals surface area contributed by atoms with Crippen molar-refractivity contribution >= 4 is 0 Å². The zero-order chi connectivity index (χ0) is 17.8. The lowest BCUT2D eigenvalue weighted by Gasteiger charge is -2.38. The average Bonchev–Trinajstić information content (AvgIpc) is 2.66. The normalized spacial score (nSPS) is 45.9. The van der Waals surface area contributed by atoms with Gasteiger partial charge in [-0.25, -0.2) is 8.78 Å². The zero-order valence-electron chi connectivity index (χ0n) is 15.8. The molecule has 1 nitrogen and oxygen atoms in total. The second-order valence-corrected chi connectivity index (χ2v) is 9.01. The molecule has 0 amide bonds. The van der Waals surface area contributed by atoms with Gasteiger partial charge in [0.05, 0.1) is 6.10 Å². The molecule has 0 spiro atoms. The summed E-state index contributed by atoms with van der Waals surface area (Å²) in [6.45, 7) is 6.37. The Hall–Kier alpha value is -0.440. The minimum atomic E-state index is -1.43. The van der Waals surface area contributed by atoms with E-state index in [9.17, 15) is 8.78 Å².